The standard InChI is InChI=1S/C15H16N2O2S2/c1-11(21-14-9-5-6-10-17(14)19)15(18)16-12-7-3-4-8-13(12)20-2/h3-11H,1-2H3,(H,16,18). The highest BCUT2D eigenvalue weighted by Crippen LogP contribution is 2.26. The zero-order chi connectivity index (χ0) is 15.2. The molecule has 0 spiro atoms. The summed E-state index contributed by atoms with van der Waals surface area (Å²) in [6.07, 6.45) is 3.39. The van der Waals surface area contributed by atoms with Gasteiger partial charge in [0.15, 0.2) is 6.20 Å². The van der Waals surface area contributed by atoms with Crippen LogP contribution < -0.4 is 10.0 Å². The Morgan fingerprint density at radius 3 is 2.67 bits per heavy atom. The first-order valence-electron chi connectivity index (χ1n) is 6.40. The van der Waals surface area contributed by atoms with Crippen LogP contribution in [0.25, 0.3) is 0 Å². The third-order valence-electron chi connectivity index (χ3n) is 2.82. The molecule has 1 aromatic heterocycles. The highest BCUT2D eigenvalue weighted by Gasteiger charge is 2.19. The van der Waals surface area contributed by atoms with Gasteiger partial charge in [0.05, 0.1) is 10.9 Å². The average molecular weight is 320 g/mol. The second kappa shape index (κ2) is 7.38. The van der Waals surface area contributed by atoms with Gasteiger partial charge in [-0.1, -0.05) is 12.1 Å². The molecule has 0 aliphatic heterocycles. The first kappa shape index (κ1) is 15.7. The van der Waals surface area contributed by atoms with Crippen LogP contribution in [0, 0.1) is 5.21 Å². The molecular formula is C15H16N2O2S2. The van der Waals surface area contributed by atoms with Crippen LogP contribution in [0.2, 0.25) is 0 Å². The number of carbonyl (C=O) groups excluding carboxylic acids is 1. The highest BCUT2D eigenvalue weighted by molar-refractivity contribution is 8.00. The van der Waals surface area contributed by atoms with E-state index >= 15 is 0 Å². The lowest BCUT2D eigenvalue weighted by molar-refractivity contribution is -0.645. The summed E-state index contributed by atoms with van der Waals surface area (Å²) in [4.78, 5) is 13.3. The average Bonchev–Trinajstić information content (AvgIpc) is 2.50. The van der Waals surface area contributed by atoms with Crippen LogP contribution in [0.3, 0.4) is 0 Å². The lowest BCUT2D eigenvalue weighted by Crippen LogP contribution is -2.30. The van der Waals surface area contributed by atoms with Gasteiger partial charge in [0.2, 0.25) is 5.91 Å². The smallest absolute Gasteiger partial charge is 0.252 e. The fourth-order valence-electron chi connectivity index (χ4n) is 1.72. The van der Waals surface area contributed by atoms with Gasteiger partial charge in [-0.25, -0.2) is 0 Å². The number of hydrogen-bond donors (Lipinski definition) is 1. The first-order chi connectivity index (χ1) is 10.1. The molecule has 4 nitrogen and oxygen atoms in total. The van der Waals surface area contributed by atoms with E-state index in [0.29, 0.717) is 5.03 Å². The van der Waals surface area contributed by atoms with Gasteiger partial charge in [0, 0.05) is 17.0 Å². The second-order valence-corrected chi connectivity index (χ2v) is 6.52. The molecule has 0 aliphatic rings. The van der Waals surface area contributed by atoms with Gasteiger partial charge >= 0.3 is 0 Å². The summed E-state index contributed by atoms with van der Waals surface area (Å²) >= 11 is 2.82. The number of rotatable bonds is 5. The molecule has 1 heterocycles. The molecule has 2 aromatic rings. The fraction of sp³-hybridized carbons (Fsp3) is 0.200. The van der Waals surface area contributed by atoms with Crippen LogP contribution in [0.5, 0.6) is 0 Å². The third-order valence-corrected chi connectivity index (χ3v) is 4.74. The predicted octanol–water partition coefficient (Wildman–Crippen LogP) is 3.16. The van der Waals surface area contributed by atoms with Crippen molar-refractivity contribution in [3.8, 4) is 0 Å². The number of nitrogens with one attached hydrogen (secondary N) is 1. The molecule has 0 saturated carbocycles. The Hall–Kier alpha value is -1.66. The molecule has 0 fully saturated rings. The quantitative estimate of drug-likeness (QED) is 0.522. The topological polar surface area (TPSA) is 56.0 Å². The predicted molar refractivity (Wildman–Crippen MR) is 87.6 cm³/mol. The zero-order valence-electron chi connectivity index (χ0n) is 11.8. The first-order valence-corrected chi connectivity index (χ1v) is 8.51. The molecule has 1 unspecified atom stereocenters. The van der Waals surface area contributed by atoms with Crippen molar-refractivity contribution in [2.75, 3.05) is 11.6 Å². The minimum atomic E-state index is -0.359. The van der Waals surface area contributed by atoms with Crippen molar-refractivity contribution >= 4 is 35.1 Å². The SMILES string of the molecule is CSc1ccccc1NC(=O)C(C)Sc1cccc[n+]1[O-]. The number of benzene rings is 1. The number of nitrogens with zero attached hydrogens (tertiary/aromatic N) is 1. The Kier molecular flexibility index (Phi) is 5.52. The lowest BCUT2D eigenvalue weighted by atomic mass is 10.3. The van der Waals surface area contributed by atoms with E-state index in [1.54, 1.807) is 36.9 Å². The van der Waals surface area contributed by atoms with E-state index < -0.39 is 0 Å². The summed E-state index contributed by atoms with van der Waals surface area (Å²) in [7, 11) is 0. The molecular weight excluding hydrogens is 304 g/mol. The Labute approximate surface area is 132 Å². The summed E-state index contributed by atoms with van der Waals surface area (Å²) < 4.78 is 0.768. The Morgan fingerprint density at radius 1 is 1.24 bits per heavy atom. The van der Waals surface area contributed by atoms with Crippen molar-refractivity contribution in [1.29, 1.82) is 0 Å². The molecule has 2 rings (SSSR count). The van der Waals surface area contributed by atoms with E-state index in [9.17, 15) is 10.0 Å². The third kappa shape index (κ3) is 4.15. The number of para-hydroxylation sites is 1. The number of carbonyl (C=O) groups is 1. The van der Waals surface area contributed by atoms with E-state index in [0.717, 1.165) is 15.3 Å². The van der Waals surface area contributed by atoms with Crippen molar-refractivity contribution in [3.05, 3.63) is 53.9 Å². The van der Waals surface area contributed by atoms with Crippen molar-refractivity contribution in [1.82, 2.24) is 0 Å². The van der Waals surface area contributed by atoms with Gasteiger partial charge in [-0.3, -0.25) is 4.79 Å². The van der Waals surface area contributed by atoms with Crippen molar-refractivity contribution in [2.24, 2.45) is 0 Å². The molecule has 1 N–H and O–H groups in total. The van der Waals surface area contributed by atoms with Gasteiger partial charge in [-0.2, -0.15) is 4.73 Å². The summed E-state index contributed by atoms with van der Waals surface area (Å²) in [5.74, 6) is -0.120. The number of pyridine rings is 1. The zero-order valence-corrected chi connectivity index (χ0v) is 13.4. The molecule has 0 radical (unpaired) electrons. The number of thioether (sulfide) groups is 2. The van der Waals surface area contributed by atoms with E-state index in [4.69, 9.17) is 0 Å². The monoisotopic (exact) mass is 320 g/mol. The summed E-state index contributed by atoms with van der Waals surface area (Å²) in [6, 6.07) is 12.8. The fourth-order valence-corrected chi connectivity index (χ4v) is 3.12. The van der Waals surface area contributed by atoms with Crippen LogP contribution in [-0.2, 0) is 4.79 Å². The number of anilines is 1. The van der Waals surface area contributed by atoms with Crippen molar-refractivity contribution in [3.63, 3.8) is 0 Å². The van der Waals surface area contributed by atoms with Gasteiger partial charge in [-0.05, 0) is 43.1 Å². The Bertz CT molecular complexity index is 635. The van der Waals surface area contributed by atoms with Gasteiger partial charge in [0.25, 0.3) is 5.03 Å². The molecule has 0 aliphatic carbocycles. The maximum Gasteiger partial charge on any atom is 0.252 e. The lowest BCUT2D eigenvalue weighted by Gasteiger charge is -2.13. The molecule has 0 saturated heterocycles. The van der Waals surface area contributed by atoms with Gasteiger partial charge in [-0.15, -0.1) is 11.8 Å². The van der Waals surface area contributed by atoms with Crippen LogP contribution in [0.15, 0.2) is 58.6 Å². The normalized spacial score (nSPS) is 11.9. The second-order valence-electron chi connectivity index (χ2n) is 4.31. The molecule has 1 atom stereocenters. The maximum absolute atomic E-state index is 12.2. The Balaban J connectivity index is 2.05. The molecule has 6 heteroatoms. The largest absolute Gasteiger partial charge is 0.618 e. The minimum Gasteiger partial charge on any atom is -0.618 e. The molecule has 21 heavy (non-hydrogen) atoms. The highest BCUT2D eigenvalue weighted by atomic mass is 32.2. The van der Waals surface area contributed by atoms with Crippen LogP contribution in [-0.4, -0.2) is 17.4 Å². The Morgan fingerprint density at radius 2 is 1.95 bits per heavy atom. The maximum atomic E-state index is 12.2. The van der Waals surface area contributed by atoms with E-state index in [1.807, 2.05) is 30.5 Å². The number of hydrogen-bond acceptors (Lipinski definition) is 4. The molecule has 110 valence electrons. The van der Waals surface area contributed by atoms with Crippen molar-refractivity contribution in [2.45, 2.75) is 22.1 Å². The molecule has 1 amide bonds. The van der Waals surface area contributed by atoms with Crippen molar-refractivity contribution < 1.29 is 9.52 Å². The van der Waals surface area contributed by atoms with E-state index in [2.05, 4.69) is 5.32 Å². The summed E-state index contributed by atoms with van der Waals surface area (Å²) in [5, 5.41) is 14.7. The van der Waals surface area contributed by atoms with E-state index in [-0.39, 0.29) is 11.2 Å². The molecule has 1 aromatic carbocycles. The molecule has 0 bridgehead atoms. The summed E-state index contributed by atoms with van der Waals surface area (Å²) in [6.45, 7) is 1.79. The van der Waals surface area contributed by atoms with Crippen LogP contribution >= 0.6 is 23.5 Å². The minimum absolute atomic E-state index is 0.120. The van der Waals surface area contributed by atoms with Gasteiger partial charge < -0.3 is 10.5 Å². The van der Waals surface area contributed by atoms with Gasteiger partial charge in [0.1, 0.15) is 0 Å². The van der Waals surface area contributed by atoms with Crippen LogP contribution in [0.1, 0.15) is 6.92 Å². The number of aromatic nitrogens is 1. The number of amides is 1. The van der Waals surface area contributed by atoms with E-state index in [1.165, 1.54) is 18.0 Å². The summed E-state index contributed by atoms with van der Waals surface area (Å²) in [5.41, 5.74) is 0.797. The van der Waals surface area contributed by atoms with Crippen LogP contribution in [0.4, 0.5) is 5.69 Å².